The Morgan fingerprint density at radius 3 is 2.68 bits per heavy atom. The number of piperidine rings is 1. The second-order valence-electron chi connectivity index (χ2n) is 10.7. The van der Waals surface area contributed by atoms with Gasteiger partial charge in [0.15, 0.2) is 5.78 Å². The van der Waals surface area contributed by atoms with E-state index in [1.165, 1.54) is 0 Å². The summed E-state index contributed by atoms with van der Waals surface area (Å²) in [5.74, 6) is -0.000213. The number of unbranched alkanes of at least 4 members (excludes halogenated alkanes) is 2. The Balaban J connectivity index is 1.77. The highest BCUT2D eigenvalue weighted by Gasteiger charge is 2.67. The van der Waals surface area contributed by atoms with Crippen molar-refractivity contribution < 1.29 is 14.3 Å². The van der Waals surface area contributed by atoms with Gasteiger partial charge in [0.05, 0.1) is 18.2 Å². The summed E-state index contributed by atoms with van der Waals surface area (Å²) < 4.78 is 6.40. The van der Waals surface area contributed by atoms with Crippen LogP contribution in [0.2, 0.25) is 0 Å². The number of halogens is 1. The van der Waals surface area contributed by atoms with Crippen molar-refractivity contribution in [1.29, 1.82) is 0 Å². The molecule has 1 saturated heterocycles. The highest BCUT2D eigenvalue weighted by molar-refractivity contribution is 9.10. The van der Waals surface area contributed by atoms with Crippen molar-refractivity contribution in [2.45, 2.75) is 77.0 Å². The fourth-order valence-electron chi connectivity index (χ4n) is 5.09. The van der Waals surface area contributed by atoms with E-state index in [1.54, 1.807) is 11.0 Å². The van der Waals surface area contributed by atoms with E-state index >= 15 is 0 Å². The molecule has 0 bridgehead atoms. The normalized spacial score (nSPS) is 23.5. The lowest BCUT2D eigenvalue weighted by molar-refractivity contribution is -0.123. The monoisotopic (exact) mass is 531 g/mol. The first-order valence-electron chi connectivity index (χ1n) is 12.1. The molecule has 186 valence electrons. The van der Waals surface area contributed by atoms with E-state index < -0.39 is 17.7 Å². The fraction of sp³-hybridized carbons (Fsp3) is 0.593. The topological polar surface area (TPSA) is 62.7 Å². The third-order valence-corrected chi connectivity index (χ3v) is 7.16. The number of ether oxygens (including phenoxy) is 1. The van der Waals surface area contributed by atoms with Gasteiger partial charge in [-0.1, -0.05) is 24.8 Å². The summed E-state index contributed by atoms with van der Waals surface area (Å²) in [6, 6.07) is 3.28. The molecule has 1 aliphatic heterocycles. The summed E-state index contributed by atoms with van der Waals surface area (Å²) in [5, 5.41) is 0. The van der Waals surface area contributed by atoms with Crippen LogP contribution in [0.25, 0.3) is 6.08 Å². The number of amides is 1. The molecule has 1 saturated carbocycles. The molecule has 0 aromatic carbocycles. The number of carbonyl (C=O) groups is 2. The van der Waals surface area contributed by atoms with Crippen molar-refractivity contribution in [2.24, 2.45) is 5.41 Å². The molecular formula is C27H38BrN3O3. The molecule has 0 unspecified atom stereocenters. The maximum Gasteiger partial charge on any atom is 0.411 e. The molecule has 7 heteroatoms. The van der Waals surface area contributed by atoms with E-state index in [9.17, 15) is 9.59 Å². The molecule has 0 spiro atoms. The highest BCUT2D eigenvalue weighted by atomic mass is 79.9. The van der Waals surface area contributed by atoms with E-state index in [2.05, 4.69) is 46.0 Å². The number of aromatic nitrogens is 1. The van der Waals surface area contributed by atoms with Gasteiger partial charge in [-0.25, -0.2) is 9.78 Å². The molecule has 6 nitrogen and oxygen atoms in total. The summed E-state index contributed by atoms with van der Waals surface area (Å²) in [7, 11) is 2.13. The number of nitrogens with zero attached hydrogens (tertiary/aromatic N) is 3. The number of carbonyl (C=O) groups excluding carboxylic acids is 2. The Morgan fingerprint density at radius 1 is 1.29 bits per heavy atom. The predicted molar refractivity (Wildman–Crippen MR) is 140 cm³/mol. The third kappa shape index (κ3) is 6.36. The maximum atomic E-state index is 13.6. The summed E-state index contributed by atoms with van der Waals surface area (Å²) in [5.41, 5.74) is 0.843. The first-order valence-corrected chi connectivity index (χ1v) is 12.9. The van der Waals surface area contributed by atoms with Crippen molar-refractivity contribution in [3.05, 3.63) is 47.2 Å². The predicted octanol–water partition coefficient (Wildman–Crippen LogP) is 5.65. The van der Waals surface area contributed by atoms with E-state index in [0.29, 0.717) is 16.7 Å². The molecule has 3 rings (SSSR count). The van der Waals surface area contributed by atoms with E-state index in [1.807, 2.05) is 39.0 Å². The average Bonchev–Trinajstić information content (AvgIpc) is 3.32. The van der Waals surface area contributed by atoms with E-state index in [0.717, 1.165) is 44.3 Å². The van der Waals surface area contributed by atoms with Gasteiger partial charge in [-0.3, -0.25) is 9.69 Å². The van der Waals surface area contributed by atoms with Crippen molar-refractivity contribution in [2.75, 3.05) is 20.1 Å². The van der Waals surface area contributed by atoms with Crippen LogP contribution < -0.4 is 0 Å². The number of hydrogen-bond acceptors (Lipinski definition) is 5. The van der Waals surface area contributed by atoms with Crippen LogP contribution in [0, 0.1) is 5.41 Å². The molecule has 0 radical (unpaired) electrons. The standard InChI is InChI=1S/C27H38BrN3O3/c1-7-9-10-11-14-30(6)18-27-16-21(31(23(27)17-27)25(33)34-26(3,4)5)22(32)15-20-19(8-2)12-13-24(28)29-20/h7-8,12-13,21,23H,1-2,9-11,14-18H2,3-6H3/t21-,23+,27-/m0/s1. The van der Waals surface area contributed by atoms with Crippen LogP contribution in [0.15, 0.2) is 36.0 Å². The first-order chi connectivity index (χ1) is 16.0. The van der Waals surface area contributed by atoms with Gasteiger partial charge in [-0.05, 0) is 94.0 Å². The van der Waals surface area contributed by atoms with Gasteiger partial charge in [-0.2, -0.15) is 0 Å². The lowest BCUT2D eigenvalue weighted by Crippen LogP contribution is -2.46. The van der Waals surface area contributed by atoms with Crippen LogP contribution in [0.3, 0.4) is 0 Å². The van der Waals surface area contributed by atoms with Crippen molar-refractivity contribution >= 4 is 33.9 Å². The molecule has 1 aromatic rings. The minimum Gasteiger partial charge on any atom is -0.444 e. The number of pyridine rings is 1. The van der Waals surface area contributed by atoms with Gasteiger partial charge in [0.25, 0.3) is 0 Å². The number of rotatable bonds is 11. The van der Waals surface area contributed by atoms with E-state index in [-0.39, 0.29) is 23.7 Å². The maximum absolute atomic E-state index is 13.6. The molecular weight excluding hydrogens is 494 g/mol. The van der Waals surface area contributed by atoms with Gasteiger partial charge >= 0.3 is 6.09 Å². The molecule has 2 heterocycles. The zero-order valence-corrected chi connectivity index (χ0v) is 22.6. The van der Waals surface area contributed by atoms with Crippen LogP contribution in [-0.4, -0.2) is 64.5 Å². The first kappa shape index (κ1) is 26.6. The minimum atomic E-state index is -0.616. The van der Waals surface area contributed by atoms with Crippen LogP contribution in [-0.2, 0) is 16.0 Å². The summed E-state index contributed by atoms with van der Waals surface area (Å²) in [6.07, 6.45) is 8.29. The van der Waals surface area contributed by atoms with Gasteiger partial charge in [-0.15, -0.1) is 6.58 Å². The molecule has 1 aromatic heterocycles. The number of fused-ring (bicyclic) bond motifs is 1. The number of hydrogen-bond donors (Lipinski definition) is 0. The molecule has 1 amide bonds. The minimum absolute atomic E-state index is 0.000213. The quantitative estimate of drug-likeness (QED) is 0.209. The molecule has 34 heavy (non-hydrogen) atoms. The highest BCUT2D eigenvalue weighted by Crippen LogP contribution is 2.60. The fourth-order valence-corrected chi connectivity index (χ4v) is 5.44. The van der Waals surface area contributed by atoms with Crippen LogP contribution >= 0.6 is 15.9 Å². The molecule has 2 fully saturated rings. The smallest absolute Gasteiger partial charge is 0.411 e. The molecule has 2 aliphatic rings. The Labute approximate surface area is 212 Å². The van der Waals surface area contributed by atoms with E-state index in [4.69, 9.17) is 4.74 Å². The van der Waals surface area contributed by atoms with Crippen LogP contribution in [0.1, 0.15) is 64.1 Å². The average molecular weight is 533 g/mol. The summed E-state index contributed by atoms with van der Waals surface area (Å²) in [6.45, 7) is 15.1. The zero-order chi connectivity index (χ0) is 25.1. The number of likely N-dealkylation sites (tertiary alicyclic amines) is 1. The van der Waals surface area contributed by atoms with Gasteiger partial charge in [0.2, 0.25) is 0 Å². The second-order valence-corrected chi connectivity index (χ2v) is 11.5. The Hall–Kier alpha value is -1.99. The SMILES string of the molecule is C=CCCCCN(C)C[C@@]12C[C@@H](C(=O)Cc3nc(Br)ccc3C=C)N(C(=O)OC(C)(C)C)[C@@H]1C2. The van der Waals surface area contributed by atoms with Gasteiger partial charge in [0, 0.05) is 18.0 Å². The summed E-state index contributed by atoms with van der Waals surface area (Å²) in [4.78, 5) is 35.3. The zero-order valence-electron chi connectivity index (χ0n) is 21.0. The van der Waals surface area contributed by atoms with Gasteiger partial charge in [0.1, 0.15) is 10.2 Å². The Morgan fingerprint density at radius 2 is 2.03 bits per heavy atom. The lowest BCUT2D eigenvalue weighted by Gasteiger charge is -2.30. The number of Topliss-reactive ketones (excluding diaryl/α,β-unsaturated/α-hetero) is 1. The Kier molecular flexibility index (Phi) is 8.40. The lowest BCUT2D eigenvalue weighted by atomic mass is 9.94. The second kappa shape index (κ2) is 10.7. The third-order valence-electron chi connectivity index (χ3n) is 6.71. The Bertz CT molecular complexity index is 942. The number of ketones is 1. The summed E-state index contributed by atoms with van der Waals surface area (Å²) >= 11 is 3.40. The van der Waals surface area contributed by atoms with Crippen LogP contribution in [0.4, 0.5) is 4.79 Å². The number of allylic oxidation sites excluding steroid dienone is 1. The molecule has 3 atom stereocenters. The molecule has 1 aliphatic carbocycles. The van der Waals surface area contributed by atoms with Gasteiger partial charge < -0.3 is 9.64 Å². The van der Waals surface area contributed by atoms with Crippen molar-refractivity contribution in [3.8, 4) is 0 Å². The van der Waals surface area contributed by atoms with Crippen molar-refractivity contribution in [3.63, 3.8) is 0 Å². The van der Waals surface area contributed by atoms with Crippen LogP contribution in [0.5, 0.6) is 0 Å². The largest absolute Gasteiger partial charge is 0.444 e. The molecule has 0 N–H and O–H groups in total. The van der Waals surface area contributed by atoms with Crippen molar-refractivity contribution in [1.82, 2.24) is 14.8 Å².